The van der Waals surface area contributed by atoms with Crippen molar-refractivity contribution in [2.24, 2.45) is 0 Å². The van der Waals surface area contributed by atoms with Crippen LogP contribution < -0.4 is 5.56 Å². The molecule has 0 aliphatic rings. The van der Waals surface area contributed by atoms with Crippen LogP contribution >= 0.6 is 22.9 Å². The number of benzene rings is 1. The number of thiazole rings is 1. The summed E-state index contributed by atoms with van der Waals surface area (Å²) in [5.41, 5.74) is -0.389. The van der Waals surface area contributed by atoms with E-state index in [2.05, 4.69) is 10.1 Å². The molecule has 0 aliphatic heterocycles. The molecule has 3 aromatic rings. The molecule has 1 aromatic carbocycles. The second-order valence-corrected chi connectivity index (χ2v) is 7.61. The molecule has 28 heavy (non-hydrogen) atoms. The van der Waals surface area contributed by atoms with E-state index < -0.39 is 23.3 Å². The lowest BCUT2D eigenvalue weighted by atomic mass is 10.0. The van der Waals surface area contributed by atoms with Gasteiger partial charge >= 0.3 is 6.18 Å². The second kappa shape index (κ2) is 7.84. The summed E-state index contributed by atoms with van der Waals surface area (Å²) in [4.78, 5) is 29.2. The van der Waals surface area contributed by atoms with E-state index in [1.54, 1.807) is 0 Å². The summed E-state index contributed by atoms with van der Waals surface area (Å²) in [7, 11) is 0. The third kappa shape index (κ3) is 4.48. The first-order valence-electron chi connectivity index (χ1n) is 8.05. The van der Waals surface area contributed by atoms with Gasteiger partial charge in [0.1, 0.15) is 11.7 Å². The average Bonchev–Trinajstić information content (AvgIpc) is 3.07. The summed E-state index contributed by atoms with van der Waals surface area (Å²) in [5, 5.41) is 4.21. The van der Waals surface area contributed by atoms with Crippen molar-refractivity contribution in [2.75, 3.05) is 0 Å². The number of aromatic nitrogens is 3. The van der Waals surface area contributed by atoms with Crippen LogP contribution in [0.15, 0.2) is 47.4 Å². The van der Waals surface area contributed by atoms with Crippen LogP contribution in [-0.4, -0.2) is 20.5 Å². The van der Waals surface area contributed by atoms with Crippen molar-refractivity contribution in [3.8, 4) is 10.6 Å². The molecule has 0 fully saturated rings. The van der Waals surface area contributed by atoms with E-state index in [1.165, 1.54) is 48.7 Å². The zero-order valence-electron chi connectivity index (χ0n) is 14.4. The fourth-order valence-corrected chi connectivity index (χ4v) is 3.41. The number of hydrogen-bond donors (Lipinski definition) is 0. The van der Waals surface area contributed by atoms with E-state index in [0.29, 0.717) is 20.6 Å². The fourth-order valence-electron chi connectivity index (χ4n) is 2.50. The normalized spacial score (nSPS) is 12.8. The van der Waals surface area contributed by atoms with E-state index in [9.17, 15) is 22.8 Å². The molecule has 0 amide bonds. The van der Waals surface area contributed by atoms with Crippen molar-refractivity contribution in [1.29, 1.82) is 0 Å². The molecule has 0 saturated carbocycles. The Bertz CT molecular complexity index is 1060. The number of halogens is 4. The highest BCUT2D eigenvalue weighted by Gasteiger charge is 2.30. The van der Waals surface area contributed by atoms with Crippen molar-refractivity contribution in [3.05, 3.63) is 68.5 Å². The van der Waals surface area contributed by atoms with Gasteiger partial charge in [0.2, 0.25) is 0 Å². The van der Waals surface area contributed by atoms with Gasteiger partial charge in [-0.2, -0.15) is 18.3 Å². The van der Waals surface area contributed by atoms with Crippen molar-refractivity contribution in [3.63, 3.8) is 0 Å². The standard InChI is InChI=1S/C18H13ClF3N3O2S/c1-10(14(26)8-11-2-4-12(5-3-11)18(20,21)22)25-16(27)7-6-13(24-25)15-9-23-17(19)28-15/h2-7,9-10H,8H2,1H3. The summed E-state index contributed by atoms with van der Waals surface area (Å²) in [6, 6.07) is 6.25. The molecule has 2 heterocycles. The van der Waals surface area contributed by atoms with E-state index in [0.717, 1.165) is 16.8 Å². The van der Waals surface area contributed by atoms with Crippen LogP contribution in [0.5, 0.6) is 0 Å². The minimum Gasteiger partial charge on any atom is -0.297 e. The lowest BCUT2D eigenvalue weighted by Gasteiger charge is -2.14. The summed E-state index contributed by atoms with van der Waals surface area (Å²) >= 11 is 6.99. The van der Waals surface area contributed by atoms with Crippen molar-refractivity contribution < 1.29 is 18.0 Å². The minimum atomic E-state index is -4.44. The van der Waals surface area contributed by atoms with Crippen LogP contribution in [-0.2, 0) is 17.4 Å². The quantitative estimate of drug-likeness (QED) is 0.605. The lowest BCUT2D eigenvalue weighted by molar-refractivity contribution is -0.137. The Balaban J connectivity index is 1.80. The summed E-state index contributed by atoms with van der Waals surface area (Å²) in [5.74, 6) is -0.353. The summed E-state index contributed by atoms with van der Waals surface area (Å²) < 4.78 is 39.3. The third-order valence-electron chi connectivity index (χ3n) is 4.05. The molecule has 0 saturated heterocycles. The first-order chi connectivity index (χ1) is 13.1. The van der Waals surface area contributed by atoms with Crippen LogP contribution in [0.2, 0.25) is 4.47 Å². The number of carbonyl (C=O) groups excluding carboxylic acids is 1. The van der Waals surface area contributed by atoms with Gasteiger partial charge in [0.15, 0.2) is 10.3 Å². The van der Waals surface area contributed by atoms with Crippen molar-refractivity contribution >= 4 is 28.7 Å². The molecule has 1 unspecified atom stereocenters. The molecule has 0 N–H and O–H groups in total. The molecule has 0 radical (unpaired) electrons. The molecule has 0 aliphatic carbocycles. The highest BCUT2D eigenvalue weighted by molar-refractivity contribution is 7.18. The SMILES string of the molecule is CC(C(=O)Cc1ccc(C(F)(F)F)cc1)n1nc(-c2cnc(Cl)s2)ccc1=O. The van der Waals surface area contributed by atoms with Gasteiger partial charge in [-0.15, -0.1) is 11.3 Å². The Morgan fingerprint density at radius 1 is 1.21 bits per heavy atom. The smallest absolute Gasteiger partial charge is 0.297 e. The van der Waals surface area contributed by atoms with Gasteiger partial charge < -0.3 is 0 Å². The first-order valence-corrected chi connectivity index (χ1v) is 9.25. The Hall–Kier alpha value is -2.52. The van der Waals surface area contributed by atoms with Crippen molar-refractivity contribution in [2.45, 2.75) is 25.6 Å². The highest BCUT2D eigenvalue weighted by Crippen LogP contribution is 2.29. The predicted molar refractivity (Wildman–Crippen MR) is 99.5 cm³/mol. The van der Waals surface area contributed by atoms with Crippen LogP contribution in [0, 0.1) is 0 Å². The fraction of sp³-hybridized carbons (Fsp3) is 0.222. The highest BCUT2D eigenvalue weighted by atomic mass is 35.5. The molecule has 2 aromatic heterocycles. The van der Waals surface area contributed by atoms with Gasteiger partial charge in [-0.05, 0) is 30.7 Å². The molecule has 0 bridgehead atoms. The molecular formula is C18H13ClF3N3O2S. The van der Waals surface area contributed by atoms with Gasteiger partial charge in [-0.25, -0.2) is 9.67 Å². The Labute approximate surface area is 166 Å². The monoisotopic (exact) mass is 427 g/mol. The van der Waals surface area contributed by atoms with Gasteiger partial charge in [0.05, 0.1) is 10.4 Å². The molecule has 146 valence electrons. The lowest BCUT2D eigenvalue weighted by Crippen LogP contribution is -2.30. The molecule has 3 rings (SSSR count). The first kappa shape index (κ1) is 20.2. The average molecular weight is 428 g/mol. The number of rotatable bonds is 5. The van der Waals surface area contributed by atoms with E-state index in [-0.39, 0.29) is 12.2 Å². The number of ketones is 1. The van der Waals surface area contributed by atoms with Gasteiger partial charge in [-0.3, -0.25) is 9.59 Å². The molecule has 1 atom stereocenters. The Kier molecular flexibility index (Phi) is 5.66. The van der Waals surface area contributed by atoms with Crippen LogP contribution in [0.4, 0.5) is 13.2 Å². The number of nitrogens with zero attached hydrogens (tertiary/aromatic N) is 3. The van der Waals surface area contributed by atoms with Crippen LogP contribution in [0.3, 0.4) is 0 Å². The maximum Gasteiger partial charge on any atom is 0.416 e. The maximum atomic E-state index is 12.6. The molecule has 10 heteroatoms. The van der Waals surface area contributed by atoms with E-state index in [1.807, 2.05) is 0 Å². The number of Topliss-reactive ketones (excluding diaryl/α,β-unsaturated/α-hetero) is 1. The summed E-state index contributed by atoms with van der Waals surface area (Å²) in [6.07, 6.45) is -3.05. The minimum absolute atomic E-state index is 0.121. The third-order valence-corrected chi connectivity index (χ3v) is 5.18. The topological polar surface area (TPSA) is 64.8 Å². The second-order valence-electron chi connectivity index (χ2n) is 5.99. The molecule has 0 spiro atoms. The van der Waals surface area contributed by atoms with E-state index in [4.69, 9.17) is 11.6 Å². The number of carbonyl (C=O) groups is 1. The number of alkyl halides is 3. The Morgan fingerprint density at radius 3 is 2.46 bits per heavy atom. The van der Waals surface area contributed by atoms with Crippen LogP contribution in [0.1, 0.15) is 24.1 Å². The number of hydrogen-bond acceptors (Lipinski definition) is 5. The van der Waals surface area contributed by atoms with Gasteiger partial charge in [0, 0.05) is 18.7 Å². The zero-order valence-corrected chi connectivity index (χ0v) is 16.0. The largest absolute Gasteiger partial charge is 0.416 e. The predicted octanol–water partition coefficient (Wildman–Crippen LogP) is 4.41. The molecule has 5 nitrogen and oxygen atoms in total. The van der Waals surface area contributed by atoms with Gasteiger partial charge in [-0.1, -0.05) is 23.7 Å². The maximum absolute atomic E-state index is 12.6. The van der Waals surface area contributed by atoms with Gasteiger partial charge in [0.25, 0.3) is 5.56 Å². The molecular weight excluding hydrogens is 415 g/mol. The van der Waals surface area contributed by atoms with Crippen LogP contribution in [0.25, 0.3) is 10.6 Å². The Morgan fingerprint density at radius 2 is 1.89 bits per heavy atom. The van der Waals surface area contributed by atoms with Crippen molar-refractivity contribution in [1.82, 2.24) is 14.8 Å². The summed E-state index contributed by atoms with van der Waals surface area (Å²) in [6.45, 7) is 1.52. The van der Waals surface area contributed by atoms with E-state index >= 15 is 0 Å². The zero-order chi connectivity index (χ0) is 20.5.